The fraction of sp³-hybridized carbons (Fsp3) is 0.214. The van der Waals surface area contributed by atoms with Crippen molar-refractivity contribution < 1.29 is 15.0 Å². The van der Waals surface area contributed by atoms with Gasteiger partial charge in [-0.2, -0.15) is 0 Å². The maximum atomic E-state index is 11.1. The van der Waals surface area contributed by atoms with E-state index in [0.717, 1.165) is 5.69 Å². The number of carboxylic acids is 1. The predicted molar refractivity (Wildman–Crippen MR) is 73.8 cm³/mol. The molecule has 0 aliphatic carbocycles. The number of nitrogens with zero attached hydrogens (tertiary/aromatic N) is 3. The number of carboxylic acid groups (broad SMARTS) is 1. The highest BCUT2D eigenvalue weighted by atomic mass is 16.4. The van der Waals surface area contributed by atoms with Gasteiger partial charge in [0.2, 0.25) is 0 Å². The summed E-state index contributed by atoms with van der Waals surface area (Å²) in [4.78, 5) is 20.8. The number of hydrogen-bond donors (Lipinski definition) is 2. The topological polar surface area (TPSA) is 86.6 Å². The SMILES string of the molecule is CCN(Cc1ncncc1C(=O)O)c1cccc(O)c1. The van der Waals surface area contributed by atoms with Gasteiger partial charge in [-0.15, -0.1) is 0 Å². The highest BCUT2D eigenvalue weighted by Crippen LogP contribution is 2.22. The molecular formula is C14H15N3O3. The molecular weight excluding hydrogens is 258 g/mol. The molecule has 0 spiro atoms. The first-order valence-corrected chi connectivity index (χ1v) is 6.18. The Bertz CT molecular complexity index is 616. The normalized spacial score (nSPS) is 10.2. The average molecular weight is 273 g/mol. The van der Waals surface area contributed by atoms with Gasteiger partial charge in [-0.25, -0.2) is 14.8 Å². The summed E-state index contributed by atoms with van der Waals surface area (Å²) in [5.41, 5.74) is 1.34. The molecule has 0 aliphatic rings. The number of anilines is 1. The molecule has 0 unspecified atom stereocenters. The lowest BCUT2D eigenvalue weighted by molar-refractivity contribution is 0.0694. The van der Waals surface area contributed by atoms with Gasteiger partial charge in [0.25, 0.3) is 0 Å². The van der Waals surface area contributed by atoms with Crippen LogP contribution in [0.1, 0.15) is 23.0 Å². The van der Waals surface area contributed by atoms with Crippen molar-refractivity contribution >= 4 is 11.7 Å². The summed E-state index contributed by atoms with van der Waals surface area (Å²) in [6, 6.07) is 6.81. The van der Waals surface area contributed by atoms with Gasteiger partial charge in [-0.05, 0) is 19.1 Å². The van der Waals surface area contributed by atoms with E-state index in [1.165, 1.54) is 12.5 Å². The summed E-state index contributed by atoms with van der Waals surface area (Å²) >= 11 is 0. The summed E-state index contributed by atoms with van der Waals surface area (Å²) in [5.74, 6) is -0.880. The molecule has 0 atom stereocenters. The molecule has 0 radical (unpaired) electrons. The summed E-state index contributed by atoms with van der Waals surface area (Å²) in [7, 11) is 0. The van der Waals surface area contributed by atoms with Crippen LogP contribution in [0.2, 0.25) is 0 Å². The summed E-state index contributed by atoms with van der Waals surface area (Å²) in [5, 5.41) is 18.6. The largest absolute Gasteiger partial charge is 0.508 e. The molecule has 2 N–H and O–H groups in total. The van der Waals surface area contributed by atoms with Crippen molar-refractivity contribution in [1.29, 1.82) is 0 Å². The van der Waals surface area contributed by atoms with E-state index in [1.54, 1.807) is 18.2 Å². The lowest BCUT2D eigenvalue weighted by Gasteiger charge is -2.23. The minimum atomic E-state index is -1.05. The molecule has 0 bridgehead atoms. The zero-order chi connectivity index (χ0) is 14.5. The zero-order valence-corrected chi connectivity index (χ0v) is 11.0. The molecule has 6 nitrogen and oxygen atoms in total. The first-order valence-electron chi connectivity index (χ1n) is 6.18. The van der Waals surface area contributed by atoms with Crippen LogP contribution in [-0.2, 0) is 6.54 Å². The lowest BCUT2D eigenvalue weighted by atomic mass is 10.2. The maximum absolute atomic E-state index is 11.1. The van der Waals surface area contributed by atoms with Gasteiger partial charge in [-0.3, -0.25) is 0 Å². The Hall–Kier alpha value is -2.63. The van der Waals surface area contributed by atoms with Gasteiger partial charge in [0.1, 0.15) is 17.6 Å². The van der Waals surface area contributed by atoms with E-state index in [0.29, 0.717) is 18.8 Å². The molecule has 104 valence electrons. The van der Waals surface area contributed by atoms with Crippen LogP contribution in [0.5, 0.6) is 5.75 Å². The second kappa shape index (κ2) is 6.01. The molecule has 0 aliphatic heterocycles. The standard InChI is InChI=1S/C14H15N3O3/c1-2-17(10-4-3-5-11(18)6-10)8-13-12(14(19)20)7-15-9-16-13/h3-7,9,18H,2,8H2,1H3,(H,19,20). The van der Waals surface area contributed by atoms with Crippen LogP contribution in [0.4, 0.5) is 5.69 Å². The summed E-state index contributed by atoms with van der Waals surface area (Å²) < 4.78 is 0. The Morgan fingerprint density at radius 3 is 2.85 bits per heavy atom. The number of phenolic OH excluding ortho intramolecular Hbond substituents is 1. The second-order valence-electron chi connectivity index (χ2n) is 4.22. The molecule has 2 aromatic rings. The molecule has 0 fully saturated rings. The smallest absolute Gasteiger partial charge is 0.339 e. The lowest BCUT2D eigenvalue weighted by Crippen LogP contribution is -2.24. The number of phenols is 1. The molecule has 1 aromatic heterocycles. The Balaban J connectivity index is 2.29. The van der Waals surface area contributed by atoms with E-state index in [2.05, 4.69) is 9.97 Å². The highest BCUT2D eigenvalue weighted by molar-refractivity contribution is 5.88. The fourth-order valence-electron chi connectivity index (χ4n) is 1.92. The van der Waals surface area contributed by atoms with Crippen LogP contribution in [0.25, 0.3) is 0 Å². The molecule has 2 rings (SSSR count). The van der Waals surface area contributed by atoms with Crippen LogP contribution >= 0.6 is 0 Å². The Morgan fingerprint density at radius 2 is 2.20 bits per heavy atom. The van der Waals surface area contributed by atoms with Gasteiger partial charge in [0.05, 0.1) is 12.2 Å². The van der Waals surface area contributed by atoms with Crippen molar-refractivity contribution in [2.75, 3.05) is 11.4 Å². The quantitative estimate of drug-likeness (QED) is 0.865. The predicted octanol–water partition coefficient (Wildman–Crippen LogP) is 1.91. The number of aromatic nitrogens is 2. The minimum Gasteiger partial charge on any atom is -0.508 e. The van der Waals surface area contributed by atoms with Gasteiger partial charge in [0, 0.05) is 24.5 Å². The van der Waals surface area contributed by atoms with Crippen molar-refractivity contribution in [3.63, 3.8) is 0 Å². The van der Waals surface area contributed by atoms with Gasteiger partial charge >= 0.3 is 5.97 Å². The summed E-state index contributed by atoms with van der Waals surface area (Å²) in [6.07, 6.45) is 2.62. The minimum absolute atomic E-state index is 0.0890. The number of aromatic carboxylic acids is 1. The fourth-order valence-corrected chi connectivity index (χ4v) is 1.92. The average Bonchev–Trinajstić information content (AvgIpc) is 2.45. The van der Waals surface area contributed by atoms with Crippen LogP contribution in [0, 0.1) is 0 Å². The number of benzene rings is 1. The third kappa shape index (κ3) is 3.03. The monoisotopic (exact) mass is 273 g/mol. The number of hydrogen-bond acceptors (Lipinski definition) is 5. The summed E-state index contributed by atoms with van der Waals surface area (Å²) in [6.45, 7) is 2.95. The molecule has 1 heterocycles. The maximum Gasteiger partial charge on any atom is 0.339 e. The van der Waals surface area contributed by atoms with Crippen molar-refractivity contribution in [3.8, 4) is 5.75 Å². The highest BCUT2D eigenvalue weighted by Gasteiger charge is 2.14. The van der Waals surface area contributed by atoms with Crippen molar-refractivity contribution in [2.45, 2.75) is 13.5 Å². The zero-order valence-electron chi connectivity index (χ0n) is 11.0. The Kier molecular flexibility index (Phi) is 4.14. The van der Waals surface area contributed by atoms with Crippen LogP contribution < -0.4 is 4.90 Å². The van der Waals surface area contributed by atoms with E-state index in [1.807, 2.05) is 17.9 Å². The van der Waals surface area contributed by atoms with Crippen molar-refractivity contribution in [2.24, 2.45) is 0 Å². The van der Waals surface area contributed by atoms with Crippen LogP contribution in [-0.4, -0.2) is 32.7 Å². The van der Waals surface area contributed by atoms with E-state index in [9.17, 15) is 9.90 Å². The molecule has 1 aromatic carbocycles. The Labute approximate surface area is 116 Å². The molecule has 0 saturated carbocycles. The molecule has 0 amide bonds. The van der Waals surface area contributed by atoms with Crippen LogP contribution in [0.15, 0.2) is 36.8 Å². The first kappa shape index (κ1) is 13.8. The molecule has 20 heavy (non-hydrogen) atoms. The van der Waals surface area contributed by atoms with E-state index in [4.69, 9.17) is 5.11 Å². The first-order chi connectivity index (χ1) is 9.61. The third-order valence-corrected chi connectivity index (χ3v) is 2.94. The number of aromatic hydroxyl groups is 1. The van der Waals surface area contributed by atoms with Crippen molar-refractivity contribution in [3.05, 3.63) is 48.0 Å². The third-order valence-electron chi connectivity index (χ3n) is 2.94. The Morgan fingerprint density at radius 1 is 1.40 bits per heavy atom. The van der Waals surface area contributed by atoms with E-state index in [-0.39, 0.29) is 11.3 Å². The molecule has 0 saturated heterocycles. The number of rotatable bonds is 5. The van der Waals surface area contributed by atoms with Gasteiger partial charge < -0.3 is 15.1 Å². The molecule has 6 heteroatoms. The number of carbonyl (C=O) groups is 1. The van der Waals surface area contributed by atoms with Gasteiger partial charge in [0.15, 0.2) is 0 Å². The second-order valence-corrected chi connectivity index (χ2v) is 4.22. The van der Waals surface area contributed by atoms with Crippen molar-refractivity contribution in [1.82, 2.24) is 9.97 Å². The van der Waals surface area contributed by atoms with Gasteiger partial charge in [-0.1, -0.05) is 6.07 Å². The van der Waals surface area contributed by atoms with E-state index < -0.39 is 5.97 Å². The van der Waals surface area contributed by atoms with E-state index >= 15 is 0 Å². The van der Waals surface area contributed by atoms with Crippen LogP contribution in [0.3, 0.4) is 0 Å².